The van der Waals surface area contributed by atoms with Crippen LogP contribution in [-0.4, -0.2) is 22.7 Å². The predicted molar refractivity (Wildman–Crippen MR) is 76.5 cm³/mol. The predicted octanol–water partition coefficient (Wildman–Crippen LogP) is 2.11. The van der Waals surface area contributed by atoms with E-state index in [-0.39, 0.29) is 5.91 Å². The van der Waals surface area contributed by atoms with E-state index in [0.717, 1.165) is 22.4 Å². The van der Waals surface area contributed by atoms with Crippen LogP contribution in [0.25, 0.3) is 0 Å². The Morgan fingerprint density at radius 3 is 2.75 bits per heavy atom. The van der Waals surface area contributed by atoms with Gasteiger partial charge in [-0.05, 0) is 25.0 Å². The van der Waals surface area contributed by atoms with E-state index in [1.807, 2.05) is 32.0 Å². The van der Waals surface area contributed by atoms with Crippen LogP contribution >= 0.6 is 0 Å². The Hall–Kier alpha value is -2.30. The van der Waals surface area contributed by atoms with Crippen LogP contribution in [0.5, 0.6) is 5.75 Å². The fourth-order valence-corrected chi connectivity index (χ4v) is 1.94. The minimum atomic E-state index is -0.0302. The molecule has 5 nitrogen and oxygen atoms in total. The normalized spacial score (nSPS) is 10.3. The molecule has 2 rings (SSSR count). The van der Waals surface area contributed by atoms with Gasteiger partial charge in [-0.25, -0.2) is 0 Å². The first-order chi connectivity index (χ1) is 9.66. The number of hydrogen-bond donors (Lipinski definition) is 2. The molecule has 0 atom stereocenters. The number of aryl methyl sites for hydroxylation is 2. The molecule has 0 aliphatic carbocycles. The molecular weight excluding hydrogens is 254 g/mol. The maximum absolute atomic E-state index is 11.7. The number of nitrogens with one attached hydrogen (secondary N) is 2. The molecule has 0 bridgehead atoms. The molecule has 1 amide bonds. The average molecular weight is 273 g/mol. The number of amides is 1. The SMILES string of the molecule is Cc1cccc(C)c1OCCC(=O)NCc1cn[nH]c1. The zero-order valence-corrected chi connectivity index (χ0v) is 11.8. The van der Waals surface area contributed by atoms with Gasteiger partial charge in [0.15, 0.2) is 0 Å². The Morgan fingerprint density at radius 2 is 2.10 bits per heavy atom. The third-order valence-electron chi connectivity index (χ3n) is 3.03. The van der Waals surface area contributed by atoms with Crippen molar-refractivity contribution < 1.29 is 9.53 Å². The largest absolute Gasteiger partial charge is 0.493 e. The van der Waals surface area contributed by atoms with E-state index in [9.17, 15) is 4.79 Å². The fraction of sp³-hybridized carbons (Fsp3) is 0.333. The highest BCUT2D eigenvalue weighted by Crippen LogP contribution is 2.22. The number of rotatable bonds is 6. The smallest absolute Gasteiger partial charge is 0.223 e. The van der Waals surface area contributed by atoms with Crippen molar-refractivity contribution in [2.24, 2.45) is 0 Å². The molecule has 5 heteroatoms. The molecule has 2 N–H and O–H groups in total. The van der Waals surface area contributed by atoms with Gasteiger partial charge in [0.1, 0.15) is 5.75 Å². The molecule has 0 radical (unpaired) electrons. The van der Waals surface area contributed by atoms with Crippen molar-refractivity contribution in [3.8, 4) is 5.75 Å². The Kier molecular flexibility index (Phi) is 4.76. The van der Waals surface area contributed by atoms with Gasteiger partial charge in [0.25, 0.3) is 0 Å². The zero-order valence-electron chi connectivity index (χ0n) is 11.8. The van der Waals surface area contributed by atoms with Gasteiger partial charge in [-0.2, -0.15) is 5.10 Å². The summed E-state index contributed by atoms with van der Waals surface area (Å²) in [6.07, 6.45) is 3.78. The van der Waals surface area contributed by atoms with E-state index < -0.39 is 0 Å². The number of aromatic nitrogens is 2. The van der Waals surface area contributed by atoms with Crippen LogP contribution in [0.1, 0.15) is 23.1 Å². The molecule has 1 aromatic heterocycles. The standard InChI is InChI=1S/C15H19N3O2/c1-11-4-3-5-12(2)15(11)20-7-6-14(19)16-8-13-9-17-18-10-13/h3-5,9-10H,6-8H2,1-2H3,(H,16,19)(H,17,18). The monoisotopic (exact) mass is 273 g/mol. The van der Waals surface area contributed by atoms with Gasteiger partial charge >= 0.3 is 0 Å². The van der Waals surface area contributed by atoms with Crippen LogP contribution in [0, 0.1) is 13.8 Å². The van der Waals surface area contributed by atoms with Gasteiger partial charge in [-0.15, -0.1) is 0 Å². The number of carbonyl (C=O) groups excluding carboxylic acids is 1. The second-order valence-electron chi connectivity index (χ2n) is 4.70. The molecule has 0 saturated heterocycles. The molecule has 0 unspecified atom stereocenters. The molecule has 0 fully saturated rings. The molecule has 1 heterocycles. The van der Waals surface area contributed by atoms with Crippen LogP contribution in [0.2, 0.25) is 0 Å². The minimum absolute atomic E-state index is 0.0302. The maximum Gasteiger partial charge on any atom is 0.223 e. The molecule has 0 aliphatic rings. The zero-order chi connectivity index (χ0) is 14.4. The number of nitrogens with zero attached hydrogens (tertiary/aromatic N) is 1. The van der Waals surface area contributed by atoms with Gasteiger partial charge < -0.3 is 10.1 Å². The van der Waals surface area contributed by atoms with Gasteiger partial charge in [-0.3, -0.25) is 9.89 Å². The molecule has 0 aliphatic heterocycles. The van der Waals surface area contributed by atoms with Crippen molar-refractivity contribution in [3.63, 3.8) is 0 Å². The van der Waals surface area contributed by atoms with Crippen molar-refractivity contribution in [1.82, 2.24) is 15.5 Å². The summed E-state index contributed by atoms with van der Waals surface area (Å²) < 4.78 is 5.70. The minimum Gasteiger partial charge on any atom is -0.493 e. The van der Waals surface area contributed by atoms with Gasteiger partial charge in [0.2, 0.25) is 5.91 Å². The van der Waals surface area contributed by atoms with Crippen molar-refractivity contribution in [2.45, 2.75) is 26.8 Å². The lowest BCUT2D eigenvalue weighted by molar-refractivity contribution is -0.121. The van der Waals surface area contributed by atoms with Crippen molar-refractivity contribution in [2.75, 3.05) is 6.61 Å². The molecule has 0 spiro atoms. The Morgan fingerprint density at radius 1 is 1.35 bits per heavy atom. The summed E-state index contributed by atoms with van der Waals surface area (Å²) in [4.78, 5) is 11.7. The first-order valence-corrected chi connectivity index (χ1v) is 6.60. The maximum atomic E-state index is 11.7. The highest BCUT2D eigenvalue weighted by Gasteiger charge is 2.06. The molecule has 1 aromatic carbocycles. The molecule has 20 heavy (non-hydrogen) atoms. The quantitative estimate of drug-likeness (QED) is 0.847. The summed E-state index contributed by atoms with van der Waals surface area (Å²) in [6.45, 7) is 4.87. The van der Waals surface area contributed by atoms with Crippen molar-refractivity contribution in [1.29, 1.82) is 0 Å². The topological polar surface area (TPSA) is 67.0 Å². The lowest BCUT2D eigenvalue weighted by Crippen LogP contribution is -2.24. The van der Waals surface area contributed by atoms with E-state index in [1.54, 1.807) is 12.4 Å². The number of benzene rings is 1. The van der Waals surface area contributed by atoms with Crippen molar-refractivity contribution in [3.05, 3.63) is 47.3 Å². The van der Waals surface area contributed by atoms with Crippen LogP contribution in [0.4, 0.5) is 0 Å². The molecule has 2 aromatic rings. The number of aromatic amines is 1. The van der Waals surface area contributed by atoms with E-state index in [1.165, 1.54) is 0 Å². The van der Waals surface area contributed by atoms with E-state index >= 15 is 0 Å². The average Bonchev–Trinajstić information content (AvgIpc) is 2.93. The molecule has 0 saturated carbocycles. The number of carbonyl (C=O) groups is 1. The fourth-order valence-electron chi connectivity index (χ4n) is 1.94. The lowest BCUT2D eigenvalue weighted by Gasteiger charge is -2.11. The van der Waals surface area contributed by atoms with Gasteiger partial charge in [-0.1, -0.05) is 18.2 Å². The van der Waals surface area contributed by atoms with E-state index in [2.05, 4.69) is 15.5 Å². The lowest BCUT2D eigenvalue weighted by atomic mass is 10.1. The summed E-state index contributed by atoms with van der Waals surface area (Å²) in [5.74, 6) is 0.840. The number of hydrogen-bond acceptors (Lipinski definition) is 3. The van der Waals surface area contributed by atoms with E-state index in [4.69, 9.17) is 4.74 Å². The second-order valence-corrected chi connectivity index (χ2v) is 4.70. The summed E-state index contributed by atoms with van der Waals surface area (Å²) in [6, 6.07) is 6.00. The van der Waals surface area contributed by atoms with Crippen LogP contribution in [-0.2, 0) is 11.3 Å². The first kappa shape index (κ1) is 14.1. The Balaban J connectivity index is 1.74. The Labute approximate surface area is 118 Å². The van der Waals surface area contributed by atoms with Gasteiger partial charge in [0, 0.05) is 18.3 Å². The number of H-pyrrole nitrogens is 1. The summed E-state index contributed by atoms with van der Waals surface area (Å²) in [5, 5.41) is 9.35. The summed E-state index contributed by atoms with van der Waals surface area (Å²) in [5.41, 5.74) is 3.13. The van der Waals surface area contributed by atoms with Crippen LogP contribution in [0.3, 0.4) is 0 Å². The van der Waals surface area contributed by atoms with Crippen LogP contribution < -0.4 is 10.1 Å². The summed E-state index contributed by atoms with van der Waals surface area (Å²) in [7, 11) is 0. The first-order valence-electron chi connectivity index (χ1n) is 6.60. The molecular formula is C15H19N3O2. The van der Waals surface area contributed by atoms with Gasteiger partial charge in [0.05, 0.1) is 19.2 Å². The molecule has 106 valence electrons. The Bertz CT molecular complexity index is 544. The summed E-state index contributed by atoms with van der Waals surface area (Å²) >= 11 is 0. The van der Waals surface area contributed by atoms with E-state index in [0.29, 0.717) is 19.6 Å². The second kappa shape index (κ2) is 6.75. The highest BCUT2D eigenvalue weighted by atomic mass is 16.5. The highest BCUT2D eigenvalue weighted by molar-refractivity contribution is 5.75. The third kappa shape index (κ3) is 3.85. The number of para-hydroxylation sites is 1. The number of ether oxygens (including phenoxy) is 1. The van der Waals surface area contributed by atoms with Crippen molar-refractivity contribution >= 4 is 5.91 Å². The third-order valence-corrected chi connectivity index (χ3v) is 3.03. The van der Waals surface area contributed by atoms with Crippen LogP contribution in [0.15, 0.2) is 30.6 Å².